The minimum atomic E-state index is -3.32. The molecule has 0 amide bonds. The van der Waals surface area contributed by atoms with Crippen molar-refractivity contribution in [2.75, 3.05) is 13.2 Å². The summed E-state index contributed by atoms with van der Waals surface area (Å²) in [5.41, 5.74) is 1.04. The molecule has 1 saturated heterocycles. The van der Waals surface area contributed by atoms with Crippen molar-refractivity contribution in [2.24, 2.45) is 5.92 Å². The fourth-order valence-corrected chi connectivity index (χ4v) is 4.89. The lowest BCUT2D eigenvalue weighted by atomic mass is 9.94. The molecule has 118 valence electrons. The Morgan fingerprint density at radius 3 is 2.86 bits per heavy atom. The average Bonchev–Trinajstić information content (AvgIpc) is 2.37. The first-order chi connectivity index (χ1) is 9.88. The predicted octanol–water partition coefficient (Wildman–Crippen LogP) is 2.62. The molecule has 0 saturated carbocycles. The van der Waals surface area contributed by atoms with E-state index in [9.17, 15) is 8.42 Å². The molecule has 0 aliphatic carbocycles. The van der Waals surface area contributed by atoms with E-state index >= 15 is 0 Å². The minimum Gasteiger partial charge on any atom is -0.381 e. The molecule has 4 nitrogen and oxygen atoms in total. The topological polar surface area (TPSA) is 55.4 Å². The lowest BCUT2D eigenvalue weighted by molar-refractivity contribution is 0.0569. The van der Waals surface area contributed by atoms with Crippen molar-refractivity contribution in [1.82, 2.24) is 4.72 Å². The van der Waals surface area contributed by atoms with Gasteiger partial charge in [-0.2, -0.15) is 0 Å². The van der Waals surface area contributed by atoms with Crippen LogP contribution >= 0.6 is 11.6 Å². The maximum Gasteiger partial charge on any atom is 0.215 e. The van der Waals surface area contributed by atoms with E-state index in [1.165, 1.54) is 0 Å². The third-order valence-corrected chi connectivity index (χ3v) is 6.04. The molecule has 1 N–H and O–H groups in total. The summed E-state index contributed by atoms with van der Waals surface area (Å²) in [7, 11) is -3.32. The molecule has 2 rings (SSSR count). The maximum atomic E-state index is 12.5. The molecule has 1 aromatic rings. The SMILES string of the molecule is CC(C)NS(=O)(=O)[C@H]1CCOC[C@H]1Cc1cccc(Cl)c1. The van der Waals surface area contributed by atoms with Gasteiger partial charge in [0.1, 0.15) is 0 Å². The minimum absolute atomic E-state index is 0.0477. The molecule has 0 bridgehead atoms. The van der Waals surface area contributed by atoms with E-state index in [0.717, 1.165) is 5.56 Å². The summed E-state index contributed by atoms with van der Waals surface area (Å²) in [4.78, 5) is 0. The van der Waals surface area contributed by atoms with Gasteiger partial charge in [0, 0.05) is 23.6 Å². The third kappa shape index (κ3) is 4.68. The number of hydrogen-bond acceptors (Lipinski definition) is 3. The number of ether oxygens (including phenoxy) is 1. The molecule has 1 heterocycles. The third-order valence-electron chi connectivity index (χ3n) is 3.59. The summed E-state index contributed by atoms with van der Waals surface area (Å²) in [5.74, 6) is -0.0477. The number of rotatable bonds is 5. The van der Waals surface area contributed by atoms with Gasteiger partial charge in [-0.15, -0.1) is 0 Å². The van der Waals surface area contributed by atoms with Crippen LogP contribution in [0.3, 0.4) is 0 Å². The van der Waals surface area contributed by atoms with Crippen LogP contribution in [0.2, 0.25) is 5.02 Å². The highest BCUT2D eigenvalue weighted by molar-refractivity contribution is 7.90. The van der Waals surface area contributed by atoms with E-state index in [0.29, 0.717) is 31.1 Å². The van der Waals surface area contributed by atoms with Crippen LogP contribution in [0.4, 0.5) is 0 Å². The Morgan fingerprint density at radius 1 is 1.43 bits per heavy atom. The molecular weight excluding hydrogens is 310 g/mol. The van der Waals surface area contributed by atoms with Crippen LogP contribution in [0.5, 0.6) is 0 Å². The zero-order chi connectivity index (χ0) is 15.5. The number of halogens is 1. The van der Waals surface area contributed by atoms with Gasteiger partial charge in [0.2, 0.25) is 10.0 Å². The van der Waals surface area contributed by atoms with Crippen LogP contribution in [0.1, 0.15) is 25.8 Å². The Hall–Kier alpha value is -0.620. The van der Waals surface area contributed by atoms with Crippen LogP contribution < -0.4 is 4.72 Å². The number of sulfonamides is 1. The number of nitrogens with one attached hydrogen (secondary N) is 1. The van der Waals surface area contributed by atoms with Crippen molar-refractivity contribution in [3.8, 4) is 0 Å². The molecule has 1 aromatic carbocycles. The summed E-state index contributed by atoms with van der Waals surface area (Å²) < 4.78 is 33.1. The Kier molecular flexibility index (Phi) is 5.66. The molecule has 1 fully saturated rings. The van der Waals surface area contributed by atoms with Gasteiger partial charge in [0.15, 0.2) is 0 Å². The van der Waals surface area contributed by atoms with Gasteiger partial charge in [0.25, 0.3) is 0 Å². The first-order valence-corrected chi connectivity index (χ1v) is 9.14. The first-order valence-electron chi connectivity index (χ1n) is 7.22. The fraction of sp³-hybridized carbons (Fsp3) is 0.600. The molecule has 1 aliphatic heterocycles. The summed E-state index contributed by atoms with van der Waals surface area (Å²) >= 11 is 6.00. The Labute approximate surface area is 131 Å². The van der Waals surface area contributed by atoms with Gasteiger partial charge in [-0.25, -0.2) is 13.1 Å². The standard InChI is InChI=1S/C15H22ClNO3S/c1-11(2)17-21(18,19)15-6-7-20-10-13(15)8-12-4-3-5-14(16)9-12/h3-5,9,11,13,15,17H,6-8,10H2,1-2H3/t13-,15+/m1/s1. The predicted molar refractivity (Wildman–Crippen MR) is 85.1 cm³/mol. The Morgan fingerprint density at radius 2 is 2.19 bits per heavy atom. The van der Waals surface area contributed by atoms with Crippen LogP contribution in [-0.4, -0.2) is 32.9 Å². The zero-order valence-electron chi connectivity index (χ0n) is 12.4. The van der Waals surface area contributed by atoms with E-state index in [1.807, 2.05) is 38.1 Å². The number of benzene rings is 1. The summed E-state index contributed by atoms with van der Waals surface area (Å²) in [6, 6.07) is 7.47. The van der Waals surface area contributed by atoms with E-state index < -0.39 is 15.3 Å². The summed E-state index contributed by atoms with van der Waals surface area (Å²) in [6.45, 7) is 4.64. The largest absolute Gasteiger partial charge is 0.381 e. The second-order valence-corrected chi connectivity index (χ2v) is 8.18. The second kappa shape index (κ2) is 7.09. The molecule has 0 radical (unpaired) electrons. The quantitative estimate of drug-likeness (QED) is 0.902. The van der Waals surface area contributed by atoms with Crippen molar-refractivity contribution < 1.29 is 13.2 Å². The van der Waals surface area contributed by atoms with E-state index in [2.05, 4.69) is 4.72 Å². The van der Waals surface area contributed by atoms with Crippen molar-refractivity contribution in [3.63, 3.8) is 0 Å². The van der Waals surface area contributed by atoms with Gasteiger partial charge in [-0.3, -0.25) is 0 Å². The lowest BCUT2D eigenvalue weighted by Gasteiger charge is -2.32. The van der Waals surface area contributed by atoms with Gasteiger partial charge in [-0.05, 0) is 44.4 Å². The summed E-state index contributed by atoms with van der Waals surface area (Å²) in [6.07, 6.45) is 1.19. The Bertz CT molecular complexity index is 574. The van der Waals surface area contributed by atoms with Gasteiger partial charge < -0.3 is 4.74 Å². The molecule has 0 unspecified atom stereocenters. The molecule has 2 atom stereocenters. The van der Waals surface area contributed by atoms with Crippen LogP contribution in [0, 0.1) is 5.92 Å². The molecule has 0 spiro atoms. The first kappa shape index (κ1) is 16.7. The molecule has 6 heteroatoms. The number of hydrogen-bond donors (Lipinski definition) is 1. The smallest absolute Gasteiger partial charge is 0.215 e. The highest BCUT2D eigenvalue weighted by Crippen LogP contribution is 2.26. The summed E-state index contributed by atoms with van der Waals surface area (Å²) in [5, 5.41) is 0.261. The van der Waals surface area contributed by atoms with E-state index in [-0.39, 0.29) is 12.0 Å². The average molecular weight is 332 g/mol. The molecule has 1 aliphatic rings. The van der Waals surface area contributed by atoms with Gasteiger partial charge in [-0.1, -0.05) is 23.7 Å². The fourth-order valence-electron chi connectivity index (χ4n) is 2.76. The van der Waals surface area contributed by atoms with Crippen LogP contribution in [-0.2, 0) is 21.2 Å². The second-order valence-electron chi connectivity index (χ2n) is 5.81. The van der Waals surface area contributed by atoms with Crippen LogP contribution in [0.15, 0.2) is 24.3 Å². The highest BCUT2D eigenvalue weighted by Gasteiger charge is 2.36. The van der Waals surface area contributed by atoms with Crippen molar-refractivity contribution in [1.29, 1.82) is 0 Å². The van der Waals surface area contributed by atoms with Crippen LogP contribution in [0.25, 0.3) is 0 Å². The van der Waals surface area contributed by atoms with Gasteiger partial charge >= 0.3 is 0 Å². The molecular formula is C15H22ClNO3S. The molecule has 0 aromatic heterocycles. The monoisotopic (exact) mass is 331 g/mol. The van der Waals surface area contributed by atoms with Crippen molar-refractivity contribution in [2.45, 2.75) is 38.0 Å². The van der Waals surface area contributed by atoms with Gasteiger partial charge in [0.05, 0.1) is 11.9 Å². The van der Waals surface area contributed by atoms with E-state index in [1.54, 1.807) is 0 Å². The lowest BCUT2D eigenvalue weighted by Crippen LogP contribution is -2.46. The van der Waals surface area contributed by atoms with Crippen molar-refractivity contribution >= 4 is 21.6 Å². The molecule has 21 heavy (non-hydrogen) atoms. The Balaban J connectivity index is 2.16. The normalized spacial score (nSPS) is 23.4. The highest BCUT2D eigenvalue weighted by atomic mass is 35.5. The van der Waals surface area contributed by atoms with E-state index in [4.69, 9.17) is 16.3 Å². The van der Waals surface area contributed by atoms with Crippen molar-refractivity contribution in [3.05, 3.63) is 34.9 Å². The zero-order valence-corrected chi connectivity index (χ0v) is 14.0. The maximum absolute atomic E-state index is 12.5.